The number of ether oxygens (including phenoxy) is 1. The van der Waals surface area contributed by atoms with E-state index in [1.165, 1.54) is 19.2 Å². The molecule has 0 unspecified atom stereocenters. The van der Waals surface area contributed by atoms with Gasteiger partial charge in [0.1, 0.15) is 28.7 Å². The van der Waals surface area contributed by atoms with Crippen molar-refractivity contribution in [3.8, 4) is 28.3 Å². The molecule has 0 saturated heterocycles. The van der Waals surface area contributed by atoms with Gasteiger partial charge in [-0.1, -0.05) is 0 Å². The molecule has 4 aromatic rings. The number of hydrogen-bond acceptors (Lipinski definition) is 6. The van der Waals surface area contributed by atoms with Crippen LogP contribution in [0.3, 0.4) is 0 Å². The second-order valence-electron chi connectivity index (χ2n) is 6.69. The quantitative estimate of drug-likeness (QED) is 0.494. The minimum atomic E-state index is -0.704. The lowest BCUT2D eigenvalue weighted by atomic mass is 10.0. The Kier molecular flexibility index (Phi) is 5.40. The molecule has 0 bridgehead atoms. The number of rotatable bonds is 6. The van der Waals surface area contributed by atoms with Gasteiger partial charge in [-0.3, -0.25) is 9.78 Å². The lowest BCUT2D eigenvalue weighted by Gasteiger charge is -2.14. The number of anilines is 1. The number of carbonyl (C=O) groups is 1. The zero-order chi connectivity index (χ0) is 22.0. The minimum Gasteiger partial charge on any atom is -0.494 e. The summed E-state index contributed by atoms with van der Waals surface area (Å²) in [5.41, 5.74) is 7.19. The highest BCUT2D eigenvalue weighted by Crippen LogP contribution is 2.36. The molecule has 31 heavy (non-hydrogen) atoms. The average molecular weight is 421 g/mol. The van der Waals surface area contributed by atoms with Crippen LogP contribution in [0.4, 0.5) is 14.6 Å². The third kappa shape index (κ3) is 4.25. The maximum atomic E-state index is 13.8. The van der Waals surface area contributed by atoms with Gasteiger partial charge in [0.05, 0.1) is 13.7 Å². The number of pyridine rings is 1. The predicted molar refractivity (Wildman–Crippen MR) is 112 cm³/mol. The third-order valence-corrected chi connectivity index (χ3v) is 4.53. The largest absolute Gasteiger partial charge is 0.494 e. The fourth-order valence-electron chi connectivity index (χ4n) is 3.17. The number of hydrogen-bond donors (Lipinski definition) is 2. The van der Waals surface area contributed by atoms with Crippen LogP contribution in [-0.2, 0) is 4.79 Å². The van der Waals surface area contributed by atoms with E-state index >= 15 is 0 Å². The first-order valence-electron chi connectivity index (χ1n) is 9.23. The molecule has 3 N–H and O–H groups in total. The molecule has 2 heterocycles. The van der Waals surface area contributed by atoms with Crippen LogP contribution in [0.1, 0.15) is 0 Å². The van der Waals surface area contributed by atoms with Crippen molar-refractivity contribution in [2.24, 2.45) is 5.73 Å². The van der Waals surface area contributed by atoms with Crippen LogP contribution in [0.15, 0.2) is 54.9 Å². The molecular weight excluding hydrogens is 404 g/mol. The Morgan fingerprint density at radius 1 is 1.06 bits per heavy atom. The van der Waals surface area contributed by atoms with E-state index in [0.29, 0.717) is 45.0 Å². The van der Waals surface area contributed by atoms with E-state index in [0.717, 1.165) is 6.07 Å². The van der Waals surface area contributed by atoms with Crippen LogP contribution < -0.4 is 15.8 Å². The lowest BCUT2D eigenvalue weighted by molar-refractivity contribution is -0.116. The number of nitrogens with two attached hydrogens (primary N) is 1. The summed E-state index contributed by atoms with van der Waals surface area (Å²) < 4.78 is 33.1. The van der Waals surface area contributed by atoms with Gasteiger partial charge in [0.15, 0.2) is 5.82 Å². The topological polar surface area (TPSA) is 103 Å². The summed E-state index contributed by atoms with van der Waals surface area (Å²) in [7, 11) is 1.47. The summed E-state index contributed by atoms with van der Waals surface area (Å²) in [6.45, 7) is -0.167. The van der Waals surface area contributed by atoms with Crippen molar-refractivity contribution in [2.75, 3.05) is 19.0 Å². The summed E-state index contributed by atoms with van der Waals surface area (Å²) in [6, 6.07) is 10.1. The Balaban J connectivity index is 1.97. The number of fused-ring (bicyclic) bond motifs is 1. The Labute approximate surface area is 175 Å². The monoisotopic (exact) mass is 421 g/mol. The van der Waals surface area contributed by atoms with Crippen molar-refractivity contribution < 1.29 is 18.3 Å². The van der Waals surface area contributed by atoms with E-state index in [-0.39, 0.29) is 6.54 Å². The molecule has 1 amide bonds. The molecule has 9 heteroatoms. The van der Waals surface area contributed by atoms with E-state index < -0.39 is 17.5 Å². The van der Waals surface area contributed by atoms with Gasteiger partial charge in [-0.15, -0.1) is 0 Å². The smallest absolute Gasteiger partial charge is 0.236 e. The van der Waals surface area contributed by atoms with Crippen molar-refractivity contribution in [1.29, 1.82) is 0 Å². The van der Waals surface area contributed by atoms with Gasteiger partial charge in [0.2, 0.25) is 5.91 Å². The fraction of sp³-hybridized carbons (Fsp3) is 0.0909. The number of nitrogens with zero attached hydrogens (tertiary/aromatic N) is 3. The number of primary amides is 1. The van der Waals surface area contributed by atoms with Crippen molar-refractivity contribution in [3.63, 3.8) is 0 Å². The molecular formula is C22H17F2N5O2. The molecule has 2 aromatic carbocycles. The van der Waals surface area contributed by atoms with Crippen LogP contribution in [0, 0.1) is 11.6 Å². The number of nitrogens with one attached hydrogen (secondary N) is 1. The molecule has 156 valence electrons. The number of halogens is 2. The van der Waals surface area contributed by atoms with Crippen LogP contribution in [0.5, 0.6) is 5.75 Å². The molecule has 4 rings (SSSR count). The van der Waals surface area contributed by atoms with E-state index in [9.17, 15) is 13.6 Å². The molecule has 0 aliphatic rings. The average Bonchev–Trinajstić information content (AvgIpc) is 2.76. The molecule has 0 saturated carbocycles. The maximum Gasteiger partial charge on any atom is 0.236 e. The number of benzene rings is 2. The van der Waals surface area contributed by atoms with Crippen LogP contribution in [0.25, 0.3) is 33.4 Å². The van der Waals surface area contributed by atoms with Gasteiger partial charge in [0, 0.05) is 29.4 Å². The van der Waals surface area contributed by atoms with E-state index in [1.807, 2.05) is 0 Å². The van der Waals surface area contributed by atoms with Gasteiger partial charge in [-0.25, -0.2) is 18.7 Å². The van der Waals surface area contributed by atoms with Crippen molar-refractivity contribution >= 4 is 22.6 Å². The van der Waals surface area contributed by atoms with E-state index in [4.69, 9.17) is 10.5 Å². The van der Waals surface area contributed by atoms with Gasteiger partial charge in [0.25, 0.3) is 0 Å². The Morgan fingerprint density at radius 3 is 2.45 bits per heavy atom. The Morgan fingerprint density at radius 2 is 1.81 bits per heavy atom. The number of methoxy groups -OCH3 is 1. The number of aromatic nitrogens is 3. The van der Waals surface area contributed by atoms with E-state index in [2.05, 4.69) is 20.3 Å². The molecule has 0 fully saturated rings. The summed E-state index contributed by atoms with van der Waals surface area (Å²) >= 11 is 0. The minimum absolute atomic E-state index is 0.167. The zero-order valence-electron chi connectivity index (χ0n) is 16.4. The fourth-order valence-corrected chi connectivity index (χ4v) is 3.17. The first kappa shape index (κ1) is 20.1. The third-order valence-electron chi connectivity index (χ3n) is 4.53. The van der Waals surface area contributed by atoms with Crippen molar-refractivity contribution in [2.45, 2.75) is 0 Å². The standard InChI is InChI=1S/C22H17F2N5O2/c1-31-18-8-14(13-5-15(23)9-16(24)6-13)7-17-20(18)28-21(12-3-2-4-26-10-12)29-22(17)27-11-19(25)30/h2-10H,11H2,1H3,(H2,25,30)(H,27,28,29). The summed E-state index contributed by atoms with van der Waals surface area (Å²) in [5, 5.41) is 3.39. The van der Waals surface area contributed by atoms with Crippen LogP contribution in [-0.4, -0.2) is 34.5 Å². The first-order valence-corrected chi connectivity index (χ1v) is 9.23. The molecule has 0 radical (unpaired) electrons. The predicted octanol–water partition coefficient (Wildman–Crippen LogP) is 3.54. The second kappa shape index (κ2) is 8.31. The first-order chi connectivity index (χ1) is 14.9. The second-order valence-corrected chi connectivity index (χ2v) is 6.69. The lowest BCUT2D eigenvalue weighted by Crippen LogP contribution is -2.22. The van der Waals surface area contributed by atoms with Crippen molar-refractivity contribution in [3.05, 3.63) is 66.5 Å². The molecule has 0 spiro atoms. The summed E-state index contributed by atoms with van der Waals surface area (Å²) in [6.07, 6.45) is 3.23. The highest BCUT2D eigenvalue weighted by atomic mass is 19.1. The molecule has 0 aliphatic heterocycles. The molecule has 0 aliphatic carbocycles. The Bertz CT molecular complexity index is 1260. The summed E-state index contributed by atoms with van der Waals surface area (Å²) in [4.78, 5) is 24.5. The van der Waals surface area contributed by atoms with Gasteiger partial charge in [-0.2, -0.15) is 0 Å². The maximum absolute atomic E-state index is 13.8. The Hall–Kier alpha value is -4.14. The number of carbonyl (C=O) groups excluding carboxylic acids is 1. The van der Waals surface area contributed by atoms with E-state index in [1.54, 1.807) is 36.7 Å². The van der Waals surface area contributed by atoms with Crippen LogP contribution in [0.2, 0.25) is 0 Å². The van der Waals surface area contributed by atoms with Gasteiger partial charge >= 0.3 is 0 Å². The summed E-state index contributed by atoms with van der Waals surface area (Å²) in [5.74, 6) is -0.944. The highest BCUT2D eigenvalue weighted by molar-refractivity contribution is 5.98. The van der Waals surface area contributed by atoms with Gasteiger partial charge < -0.3 is 15.8 Å². The number of amides is 1. The SMILES string of the molecule is COc1cc(-c2cc(F)cc(F)c2)cc2c(NCC(N)=O)nc(-c3cccnc3)nc12. The zero-order valence-corrected chi connectivity index (χ0v) is 16.4. The van der Waals surface area contributed by atoms with Gasteiger partial charge in [-0.05, 0) is 47.5 Å². The highest BCUT2D eigenvalue weighted by Gasteiger charge is 2.16. The van der Waals surface area contributed by atoms with Crippen molar-refractivity contribution in [1.82, 2.24) is 15.0 Å². The normalized spacial score (nSPS) is 10.8. The molecule has 0 atom stereocenters. The molecule has 7 nitrogen and oxygen atoms in total. The van der Waals surface area contributed by atoms with Crippen LogP contribution >= 0.6 is 0 Å². The molecule has 2 aromatic heterocycles.